The highest BCUT2D eigenvalue weighted by molar-refractivity contribution is 5.85. The first kappa shape index (κ1) is 14.9. The summed E-state index contributed by atoms with van der Waals surface area (Å²) in [6.45, 7) is 1.21. The monoisotopic (exact) mass is 262 g/mol. The average Bonchev–Trinajstić information content (AvgIpc) is 2.37. The number of rotatable bonds is 6. The van der Waals surface area contributed by atoms with Crippen LogP contribution >= 0.6 is 0 Å². The van der Waals surface area contributed by atoms with E-state index in [9.17, 15) is 9.18 Å². The largest absolute Gasteiger partial charge is 0.478 e. The lowest BCUT2D eigenvalue weighted by molar-refractivity contribution is -0.131. The Morgan fingerprint density at radius 3 is 2.95 bits per heavy atom. The minimum Gasteiger partial charge on any atom is -0.478 e. The Hall–Kier alpha value is -2.19. The maximum absolute atomic E-state index is 13.5. The van der Waals surface area contributed by atoms with Gasteiger partial charge in [0.2, 0.25) is 0 Å². The van der Waals surface area contributed by atoms with E-state index in [1.807, 2.05) is 11.9 Å². The molecular weight excluding hydrogens is 247 g/mol. The van der Waals surface area contributed by atoms with E-state index in [1.54, 1.807) is 12.1 Å². The molecule has 0 unspecified atom stereocenters. The predicted octanol–water partition coefficient (Wildman–Crippen LogP) is 2.27. The number of carbonyl (C=O) groups is 1. The third kappa shape index (κ3) is 5.32. The van der Waals surface area contributed by atoms with Crippen molar-refractivity contribution in [2.75, 3.05) is 13.6 Å². The van der Waals surface area contributed by atoms with Gasteiger partial charge in [-0.25, -0.2) is 9.18 Å². The predicted molar refractivity (Wildman–Crippen MR) is 69.6 cm³/mol. The van der Waals surface area contributed by atoms with Crippen LogP contribution in [0.1, 0.15) is 17.5 Å². The standard InChI is InChI=1S/C14H15FN2O2/c1-17(8-2-7-16)10-11-3-5-13(15)12(9-11)4-6-14(18)19/h3-6,9H,2,8,10H2,1H3,(H,18,19). The van der Waals surface area contributed by atoms with Crippen LogP contribution in [-0.4, -0.2) is 29.6 Å². The molecule has 1 N–H and O–H groups in total. The third-order valence-corrected chi connectivity index (χ3v) is 2.52. The van der Waals surface area contributed by atoms with Crippen molar-refractivity contribution in [1.82, 2.24) is 4.90 Å². The molecule has 0 bridgehead atoms. The van der Waals surface area contributed by atoms with E-state index >= 15 is 0 Å². The molecule has 1 aromatic rings. The van der Waals surface area contributed by atoms with Crippen molar-refractivity contribution in [3.8, 4) is 6.07 Å². The number of benzene rings is 1. The smallest absolute Gasteiger partial charge is 0.328 e. The Morgan fingerprint density at radius 2 is 2.32 bits per heavy atom. The molecule has 0 saturated heterocycles. The molecule has 0 radical (unpaired) electrons. The van der Waals surface area contributed by atoms with Gasteiger partial charge < -0.3 is 10.0 Å². The Kier molecular flexibility index (Phi) is 5.71. The minimum atomic E-state index is -1.11. The number of carboxylic acids is 1. The number of hydrogen-bond acceptors (Lipinski definition) is 3. The molecule has 0 atom stereocenters. The molecule has 1 aromatic carbocycles. The lowest BCUT2D eigenvalue weighted by Gasteiger charge is -2.15. The Bertz CT molecular complexity index is 521. The van der Waals surface area contributed by atoms with Crippen molar-refractivity contribution in [2.24, 2.45) is 0 Å². The Balaban J connectivity index is 2.78. The maximum atomic E-state index is 13.5. The van der Waals surface area contributed by atoms with Crippen LogP contribution in [0.25, 0.3) is 6.08 Å². The first-order chi connectivity index (χ1) is 9.02. The number of nitriles is 1. The number of hydrogen-bond donors (Lipinski definition) is 1. The van der Waals surface area contributed by atoms with E-state index in [1.165, 1.54) is 12.1 Å². The average molecular weight is 262 g/mol. The van der Waals surface area contributed by atoms with Gasteiger partial charge in [0.1, 0.15) is 5.82 Å². The lowest BCUT2D eigenvalue weighted by atomic mass is 10.1. The van der Waals surface area contributed by atoms with E-state index < -0.39 is 11.8 Å². The second-order valence-electron chi connectivity index (χ2n) is 4.17. The molecule has 100 valence electrons. The van der Waals surface area contributed by atoms with Crippen LogP contribution < -0.4 is 0 Å². The normalized spacial score (nSPS) is 10.8. The molecule has 0 saturated carbocycles. The minimum absolute atomic E-state index is 0.244. The summed E-state index contributed by atoms with van der Waals surface area (Å²) >= 11 is 0. The van der Waals surface area contributed by atoms with Crippen LogP contribution in [0.4, 0.5) is 4.39 Å². The van der Waals surface area contributed by atoms with Gasteiger partial charge in [0, 0.05) is 31.1 Å². The zero-order valence-corrected chi connectivity index (χ0v) is 10.6. The van der Waals surface area contributed by atoms with Crippen LogP contribution in [0.5, 0.6) is 0 Å². The van der Waals surface area contributed by atoms with E-state index in [0.29, 0.717) is 19.5 Å². The molecule has 0 fully saturated rings. The SMILES string of the molecule is CN(CCC#N)Cc1ccc(F)c(C=CC(=O)O)c1. The molecule has 1 rings (SSSR count). The van der Waals surface area contributed by atoms with Crippen molar-refractivity contribution >= 4 is 12.0 Å². The number of nitrogens with zero attached hydrogens (tertiary/aromatic N) is 2. The number of aliphatic carboxylic acids is 1. The van der Waals surface area contributed by atoms with Crippen molar-refractivity contribution in [2.45, 2.75) is 13.0 Å². The van der Waals surface area contributed by atoms with Gasteiger partial charge in [-0.15, -0.1) is 0 Å². The molecule has 4 nitrogen and oxygen atoms in total. The second kappa shape index (κ2) is 7.29. The van der Waals surface area contributed by atoms with Crippen LogP contribution in [-0.2, 0) is 11.3 Å². The van der Waals surface area contributed by atoms with Crippen LogP contribution in [0.2, 0.25) is 0 Å². The number of carboxylic acid groups (broad SMARTS) is 1. The van der Waals surface area contributed by atoms with Gasteiger partial charge in [0.25, 0.3) is 0 Å². The van der Waals surface area contributed by atoms with Gasteiger partial charge in [-0.05, 0) is 30.8 Å². The number of halogens is 1. The Labute approximate surface area is 111 Å². The molecule has 19 heavy (non-hydrogen) atoms. The Morgan fingerprint density at radius 1 is 1.58 bits per heavy atom. The van der Waals surface area contributed by atoms with Crippen molar-refractivity contribution in [1.29, 1.82) is 5.26 Å². The highest BCUT2D eigenvalue weighted by Crippen LogP contribution is 2.14. The quantitative estimate of drug-likeness (QED) is 0.799. The first-order valence-corrected chi connectivity index (χ1v) is 5.78. The van der Waals surface area contributed by atoms with Crippen LogP contribution in [0.3, 0.4) is 0 Å². The summed E-state index contributed by atoms with van der Waals surface area (Å²) in [4.78, 5) is 12.4. The van der Waals surface area contributed by atoms with E-state index in [2.05, 4.69) is 6.07 Å². The topological polar surface area (TPSA) is 64.3 Å². The van der Waals surface area contributed by atoms with Crippen molar-refractivity contribution < 1.29 is 14.3 Å². The molecule has 0 aliphatic carbocycles. The van der Waals surface area contributed by atoms with Gasteiger partial charge in [0.15, 0.2) is 0 Å². The molecule has 0 heterocycles. The van der Waals surface area contributed by atoms with Gasteiger partial charge in [-0.3, -0.25) is 0 Å². The molecule has 0 aliphatic rings. The fourth-order valence-electron chi connectivity index (χ4n) is 1.61. The fourth-order valence-corrected chi connectivity index (χ4v) is 1.61. The van der Waals surface area contributed by atoms with Gasteiger partial charge in [-0.1, -0.05) is 6.07 Å². The molecular formula is C14H15FN2O2. The summed E-state index contributed by atoms with van der Waals surface area (Å²) in [5, 5.41) is 17.0. The summed E-state index contributed by atoms with van der Waals surface area (Å²) in [5.74, 6) is -1.57. The van der Waals surface area contributed by atoms with E-state index in [-0.39, 0.29) is 5.56 Å². The fraction of sp³-hybridized carbons (Fsp3) is 0.286. The molecule has 5 heteroatoms. The van der Waals surface area contributed by atoms with Crippen molar-refractivity contribution in [3.63, 3.8) is 0 Å². The summed E-state index contributed by atoms with van der Waals surface area (Å²) in [6.07, 6.45) is 2.57. The van der Waals surface area contributed by atoms with Crippen molar-refractivity contribution in [3.05, 3.63) is 41.2 Å². The zero-order valence-electron chi connectivity index (χ0n) is 10.6. The van der Waals surface area contributed by atoms with E-state index in [4.69, 9.17) is 10.4 Å². The lowest BCUT2D eigenvalue weighted by Crippen LogP contribution is -2.18. The maximum Gasteiger partial charge on any atom is 0.328 e. The zero-order chi connectivity index (χ0) is 14.3. The summed E-state index contributed by atoms with van der Waals surface area (Å²) in [7, 11) is 1.87. The van der Waals surface area contributed by atoms with Gasteiger partial charge >= 0.3 is 5.97 Å². The highest BCUT2D eigenvalue weighted by atomic mass is 19.1. The van der Waals surface area contributed by atoms with Gasteiger partial charge in [-0.2, -0.15) is 5.26 Å². The third-order valence-electron chi connectivity index (χ3n) is 2.52. The highest BCUT2D eigenvalue weighted by Gasteiger charge is 2.04. The van der Waals surface area contributed by atoms with E-state index in [0.717, 1.165) is 11.6 Å². The summed E-state index contributed by atoms with van der Waals surface area (Å²) < 4.78 is 13.5. The second-order valence-corrected chi connectivity index (χ2v) is 4.17. The summed E-state index contributed by atoms with van der Waals surface area (Å²) in [5.41, 5.74) is 1.11. The summed E-state index contributed by atoms with van der Waals surface area (Å²) in [6, 6.07) is 6.63. The van der Waals surface area contributed by atoms with Crippen LogP contribution in [0, 0.1) is 17.1 Å². The van der Waals surface area contributed by atoms with Gasteiger partial charge in [0.05, 0.1) is 6.07 Å². The molecule has 0 spiro atoms. The first-order valence-electron chi connectivity index (χ1n) is 5.78. The molecule has 0 aliphatic heterocycles. The van der Waals surface area contributed by atoms with Crippen LogP contribution in [0.15, 0.2) is 24.3 Å². The molecule has 0 amide bonds. The molecule has 0 aromatic heterocycles.